The molecule has 0 aromatic carbocycles. The van der Waals surface area contributed by atoms with Crippen LogP contribution in [0.15, 0.2) is 0 Å². The van der Waals surface area contributed by atoms with Gasteiger partial charge in [0.05, 0.1) is 6.61 Å². The molecule has 0 spiro atoms. The topological polar surface area (TPSA) is 49.3 Å². The Bertz CT molecular complexity index is 291. The van der Waals surface area contributed by atoms with Crippen LogP contribution in [0.25, 0.3) is 0 Å². The molecule has 4 rings (SSSR count). The van der Waals surface area contributed by atoms with Gasteiger partial charge in [0.25, 0.3) is 0 Å². The van der Waals surface area contributed by atoms with Crippen molar-refractivity contribution in [1.82, 2.24) is 5.32 Å². The molecule has 0 aromatic heterocycles. The van der Waals surface area contributed by atoms with Crippen molar-refractivity contribution in [3.8, 4) is 0 Å². The van der Waals surface area contributed by atoms with Crippen LogP contribution in [-0.2, 0) is 4.79 Å². The van der Waals surface area contributed by atoms with Crippen LogP contribution in [0.3, 0.4) is 0 Å². The van der Waals surface area contributed by atoms with E-state index in [0.717, 1.165) is 37.0 Å². The zero-order valence-corrected chi connectivity index (χ0v) is 10.6. The highest BCUT2D eigenvalue weighted by Crippen LogP contribution is 2.60. The molecule has 1 amide bonds. The average Bonchev–Trinajstić information content (AvgIpc) is 2.26. The third-order valence-corrected chi connectivity index (χ3v) is 5.17. The van der Waals surface area contributed by atoms with Gasteiger partial charge in [-0.2, -0.15) is 0 Å². The van der Waals surface area contributed by atoms with E-state index in [1.165, 1.54) is 19.3 Å². The summed E-state index contributed by atoms with van der Waals surface area (Å²) in [5.74, 6) is 2.63. The fourth-order valence-corrected chi connectivity index (χ4v) is 4.81. The number of amides is 1. The zero-order chi connectivity index (χ0) is 12.0. The number of hydrogen-bond donors (Lipinski definition) is 2. The predicted octanol–water partition coefficient (Wildman–Crippen LogP) is 1.70. The molecule has 0 heterocycles. The lowest BCUT2D eigenvalue weighted by atomic mass is 9.49. The van der Waals surface area contributed by atoms with Gasteiger partial charge in [-0.25, -0.2) is 0 Å². The maximum Gasteiger partial charge on any atom is 0.226 e. The van der Waals surface area contributed by atoms with Crippen LogP contribution >= 0.6 is 0 Å². The Morgan fingerprint density at radius 3 is 2.12 bits per heavy atom. The van der Waals surface area contributed by atoms with E-state index in [2.05, 4.69) is 5.32 Å². The van der Waals surface area contributed by atoms with Crippen molar-refractivity contribution < 1.29 is 9.90 Å². The van der Waals surface area contributed by atoms with Gasteiger partial charge in [-0.05, 0) is 63.2 Å². The minimum atomic E-state index is -0.101. The van der Waals surface area contributed by atoms with Crippen LogP contribution in [0.4, 0.5) is 0 Å². The Morgan fingerprint density at radius 1 is 1.24 bits per heavy atom. The Morgan fingerprint density at radius 2 is 1.71 bits per heavy atom. The first-order valence-corrected chi connectivity index (χ1v) is 7.03. The highest BCUT2D eigenvalue weighted by Gasteiger charge is 2.54. The summed E-state index contributed by atoms with van der Waals surface area (Å²) in [6.07, 6.45) is 7.39. The Kier molecular flexibility index (Phi) is 2.69. The molecule has 0 saturated heterocycles. The fraction of sp³-hybridized carbons (Fsp3) is 0.929. The molecule has 4 saturated carbocycles. The van der Waals surface area contributed by atoms with Gasteiger partial charge in [0.2, 0.25) is 5.91 Å². The summed E-state index contributed by atoms with van der Waals surface area (Å²) in [5, 5.41) is 12.0. The molecule has 1 unspecified atom stereocenters. The molecule has 17 heavy (non-hydrogen) atoms. The van der Waals surface area contributed by atoms with Gasteiger partial charge in [0.15, 0.2) is 0 Å². The smallest absolute Gasteiger partial charge is 0.226 e. The van der Waals surface area contributed by atoms with Gasteiger partial charge in [0.1, 0.15) is 0 Å². The molecule has 4 bridgehead atoms. The number of hydrogen-bond acceptors (Lipinski definition) is 2. The summed E-state index contributed by atoms with van der Waals surface area (Å²) >= 11 is 0. The van der Waals surface area contributed by atoms with Crippen LogP contribution in [0.1, 0.15) is 45.4 Å². The first-order valence-electron chi connectivity index (χ1n) is 7.03. The Hall–Kier alpha value is -0.570. The first kappa shape index (κ1) is 11.5. The molecule has 0 radical (unpaired) electrons. The van der Waals surface area contributed by atoms with Crippen molar-refractivity contribution in [2.45, 2.75) is 51.5 Å². The maximum atomic E-state index is 12.4. The second kappa shape index (κ2) is 3.98. The molecule has 96 valence electrons. The van der Waals surface area contributed by atoms with Crippen molar-refractivity contribution in [3.05, 3.63) is 0 Å². The second-order valence-corrected chi connectivity index (χ2v) is 6.75. The quantitative estimate of drug-likeness (QED) is 0.785. The van der Waals surface area contributed by atoms with Crippen molar-refractivity contribution in [1.29, 1.82) is 0 Å². The summed E-state index contributed by atoms with van der Waals surface area (Å²) in [5.41, 5.74) is -0.0713. The number of nitrogens with one attached hydrogen (secondary N) is 1. The van der Waals surface area contributed by atoms with E-state index < -0.39 is 0 Å². The van der Waals surface area contributed by atoms with Crippen molar-refractivity contribution in [3.63, 3.8) is 0 Å². The fourth-order valence-electron chi connectivity index (χ4n) is 4.81. The van der Waals surface area contributed by atoms with E-state index in [1.807, 2.05) is 6.92 Å². The van der Waals surface area contributed by atoms with Gasteiger partial charge in [-0.1, -0.05) is 0 Å². The molecule has 0 aromatic rings. The highest BCUT2D eigenvalue weighted by atomic mass is 16.3. The molecule has 4 fully saturated rings. The molecule has 3 heteroatoms. The van der Waals surface area contributed by atoms with Gasteiger partial charge >= 0.3 is 0 Å². The van der Waals surface area contributed by atoms with Gasteiger partial charge in [-0.15, -0.1) is 0 Å². The summed E-state index contributed by atoms with van der Waals surface area (Å²) < 4.78 is 0. The van der Waals surface area contributed by atoms with Crippen molar-refractivity contribution in [2.75, 3.05) is 6.61 Å². The first-order chi connectivity index (χ1) is 8.11. The maximum absolute atomic E-state index is 12.4. The van der Waals surface area contributed by atoms with Crippen LogP contribution in [0.5, 0.6) is 0 Å². The molecule has 0 aliphatic heterocycles. The SMILES string of the molecule is CC(CO)NC(=O)C12CC3CC(CC(C3)C1)C2. The van der Waals surface area contributed by atoms with Crippen LogP contribution in [0, 0.1) is 23.2 Å². The molecule has 2 N–H and O–H groups in total. The minimum Gasteiger partial charge on any atom is -0.394 e. The van der Waals surface area contributed by atoms with E-state index in [-0.39, 0.29) is 24.0 Å². The lowest BCUT2D eigenvalue weighted by Crippen LogP contribution is -2.55. The number of aliphatic hydroxyl groups excluding tert-OH is 1. The molecular weight excluding hydrogens is 214 g/mol. The Labute approximate surface area is 103 Å². The average molecular weight is 237 g/mol. The zero-order valence-electron chi connectivity index (χ0n) is 10.6. The summed E-state index contributed by atoms with van der Waals surface area (Å²) in [6.45, 7) is 1.91. The number of aliphatic hydroxyl groups is 1. The van der Waals surface area contributed by atoms with E-state index in [0.29, 0.717) is 0 Å². The van der Waals surface area contributed by atoms with Crippen LogP contribution in [0.2, 0.25) is 0 Å². The standard InChI is InChI=1S/C14H23NO2/c1-9(8-16)15-13(17)14-5-10-2-11(6-14)4-12(3-10)7-14/h9-12,16H,2-8H2,1H3,(H,15,17). The summed E-state index contributed by atoms with van der Waals surface area (Å²) in [7, 11) is 0. The number of carbonyl (C=O) groups excluding carboxylic acids is 1. The molecule has 4 aliphatic rings. The van der Waals surface area contributed by atoms with Crippen LogP contribution in [-0.4, -0.2) is 23.7 Å². The third-order valence-electron chi connectivity index (χ3n) is 5.17. The van der Waals surface area contributed by atoms with Gasteiger partial charge < -0.3 is 10.4 Å². The summed E-state index contributed by atoms with van der Waals surface area (Å²) in [4.78, 5) is 12.4. The van der Waals surface area contributed by atoms with E-state index in [1.54, 1.807) is 0 Å². The third kappa shape index (κ3) is 1.88. The van der Waals surface area contributed by atoms with Crippen molar-refractivity contribution >= 4 is 5.91 Å². The Balaban J connectivity index is 1.75. The van der Waals surface area contributed by atoms with Gasteiger partial charge in [-0.3, -0.25) is 4.79 Å². The van der Waals surface area contributed by atoms with Gasteiger partial charge in [0, 0.05) is 11.5 Å². The van der Waals surface area contributed by atoms with E-state index in [4.69, 9.17) is 5.11 Å². The summed E-state index contributed by atoms with van der Waals surface area (Å²) in [6, 6.07) is -0.101. The number of rotatable bonds is 3. The predicted molar refractivity (Wildman–Crippen MR) is 65.3 cm³/mol. The highest BCUT2D eigenvalue weighted by molar-refractivity contribution is 5.83. The van der Waals surface area contributed by atoms with E-state index in [9.17, 15) is 4.79 Å². The molecule has 1 atom stereocenters. The lowest BCUT2D eigenvalue weighted by molar-refractivity contribution is -0.147. The monoisotopic (exact) mass is 237 g/mol. The molecule has 4 aliphatic carbocycles. The minimum absolute atomic E-state index is 0.0398. The molecular formula is C14H23NO2. The normalized spacial score (nSPS) is 44.7. The number of carbonyl (C=O) groups is 1. The largest absolute Gasteiger partial charge is 0.394 e. The lowest BCUT2D eigenvalue weighted by Gasteiger charge is -2.55. The molecule has 3 nitrogen and oxygen atoms in total. The van der Waals surface area contributed by atoms with E-state index >= 15 is 0 Å². The van der Waals surface area contributed by atoms with Crippen molar-refractivity contribution in [2.24, 2.45) is 23.2 Å². The van der Waals surface area contributed by atoms with Crippen LogP contribution < -0.4 is 5.32 Å². The second-order valence-electron chi connectivity index (χ2n) is 6.75.